The number of hydrogen-bond acceptors (Lipinski definition) is 8. The molecule has 0 aliphatic carbocycles. The molecule has 0 bridgehead atoms. The van der Waals surface area contributed by atoms with Crippen LogP contribution in [0.15, 0.2) is 146 Å². The van der Waals surface area contributed by atoms with Crippen molar-refractivity contribution in [2.45, 2.75) is 19.5 Å². The molecule has 0 radical (unpaired) electrons. The molecule has 5 amide bonds. The van der Waals surface area contributed by atoms with Crippen molar-refractivity contribution >= 4 is 40.9 Å². The zero-order chi connectivity index (χ0) is 52.0. The van der Waals surface area contributed by atoms with E-state index in [4.69, 9.17) is 5.73 Å². The van der Waals surface area contributed by atoms with Crippen molar-refractivity contribution in [3.8, 4) is 22.3 Å². The number of halogens is 4. The minimum atomic E-state index is -3.25. The molecule has 0 saturated carbocycles. The molecule has 2 aliphatic rings. The highest BCUT2D eigenvalue weighted by Gasteiger charge is 2.29. The quantitative estimate of drug-likeness (QED) is 0.0819. The van der Waals surface area contributed by atoms with Gasteiger partial charge in [0.15, 0.2) is 11.6 Å². The summed E-state index contributed by atoms with van der Waals surface area (Å²) < 4.78 is 54.8. The smallest absolute Gasteiger partial charge is 0.324 e. The monoisotopic (exact) mass is 998 g/mol. The van der Waals surface area contributed by atoms with Crippen molar-refractivity contribution in [1.29, 1.82) is 0 Å². The van der Waals surface area contributed by atoms with Gasteiger partial charge in [-0.1, -0.05) is 109 Å². The Morgan fingerprint density at radius 1 is 0.521 bits per heavy atom. The fourth-order valence-corrected chi connectivity index (χ4v) is 8.31. The summed E-state index contributed by atoms with van der Waals surface area (Å²) in [5, 5.41) is 1.82. The summed E-state index contributed by atoms with van der Waals surface area (Å²) in [6.07, 6.45) is -3.25. The second kappa shape index (κ2) is 25.1. The molecule has 6 aromatic carbocycles. The number of likely N-dealkylation sites (N-methyl/N-ethyl adjacent to an activating group) is 2. The number of piperazine rings is 2. The van der Waals surface area contributed by atoms with Crippen LogP contribution >= 0.6 is 0 Å². The van der Waals surface area contributed by atoms with Gasteiger partial charge >= 0.3 is 18.5 Å². The first-order valence-corrected chi connectivity index (χ1v) is 23.9. The summed E-state index contributed by atoms with van der Waals surface area (Å²) in [5.41, 5.74) is 11.5. The zero-order valence-electron chi connectivity index (χ0n) is 40.7. The van der Waals surface area contributed by atoms with Crippen molar-refractivity contribution in [3.05, 3.63) is 179 Å². The summed E-state index contributed by atoms with van der Waals surface area (Å²) in [6.45, 7) is 4.43. The summed E-state index contributed by atoms with van der Waals surface area (Å²) in [5.74, 6) is -3.87. The molecule has 73 heavy (non-hydrogen) atoms. The molecule has 6 aromatic rings. The van der Waals surface area contributed by atoms with Crippen molar-refractivity contribution in [1.82, 2.24) is 24.9 Å². The van der Waals surface area contributed by atoms with Crippen molar-refractivity contribution < 1.29 is 41.5 Å². The van der Waals surface area contributed by atoms with Gasteiger partial charge in [0.1, 0.15) is 11.6 Å². The van der Waals surface area contributed by atoms with E-state index >= 15 is 4.39 Å². The molecule has 3 N–H and O–H groups in total. The number of urea groups is 2. The number of alkyl halides is 2. The lowest BCUT2D eigenvalue weighted by Crippen LogP contribution is -2.52. The number of nitrogens with zero attached hydrogens (tertiary/aromatic N) is 6. The highest BCUT2D eigenvalue weighted by atomic mass is 19.3. The third kappa shape index (κ3) is 14.0. The maximum Gasteiger partial charge on any atom is 0.324 e. The van der Waals surface area contributed by atoms with Crippen LogP contribution in [0.1, 0.15) is 31.8 Å². The maximum atomic E-state index is 15.1. The highest BCUT2D eigenvalue weighted by molar-refractivity contribution is 6.00. The van der Waals surface area contributed by atoms with Gasteiger partial charge in [0, 0.05) is 86.0 Å². The number of Topliss-reactive ketones (excluding diaryl/α,β-unsaturated/α-hetero) is 2. The van der Waals surface area contributed by atoms with Crippen LogP contribution in [-0.4, -0.2) is 135 Å². The van der Waals surface area contributed by atoms with E-state index in [0.29, 0.717) is 43.1 Å². The van der Waals surface area contributed by atoms with E-state index in [1.54, 1.807) is 26.8 Å². The molecule has 0 aromatic heterocycles. The first-order chi connectivity index (χ1) is 35.2. The van der Waals surface area contributed by atoms with Crippen molar-refractivity contribution in [2.24, 2.45) is 5.73 Å². The predicted molar refractivity (Wildman–Crippen MR) is 275 cm³/mol. The number of benzene rings is 6. The lowest BCUT2D eigenvalue weighted by Gasteiger charge is -2.36. The van der Waals surface area contributed by atoms with Crippen LogP contribution in [0.4, 0.5) is 38.5 Å². The van der Waals surface area contributed by atoms with E-state index in [-0.39, 0.29) is 54.2 Å². The summed E-state index contributed by atoms with van der Waals surface area (Å²) in [7, 11) is 4.01. The minimum Gasteiger partial charge on any atom is -0.344 e. The van der Waals surface area contributed by atoms with Crippen LogP contribution in [0.3, 0.4) is 0 Å². The molecule has 2 heterocycles. The molecule has 8 rings (SSSR count). The number of amides is 5. The Morgan fingerprint density at radius 3 is 1.25 bits per heavy atom. The maximum absolute atomic E-state index is 15.1. The summed E-state index contributed by atoms with van der Waals surface area (Å²) in [6, 6.07) is 42.5. The number of anilines is 2. The number of ketones is 2. The lowest BCUT2D eigenvalue weighted by atomic mass is 10.0. The molecule has 380 valence electrons. The molecular formula is C56H58F4N8O5. The van der Waals surface area contributed by atoms with E-state index in [2.05, 4.69) is 9.80 Å². The van der Waals surface area contributed by atoms with Crippen molar-refractivity contribution in [3.63, 3.8) is 0 Å². The van der Waals surface area contributed by atoms with Gasteiger partial charge in [-0.25, -0.2) is 18.4 Å². The normalized spacial score (nSPS) is 14.0. The molecular weight excluding hydrogens is 941 g/mol. The largest absolute Gasteiger partial charge is 0.344 e. The van der Waals surface area contributed by atoms with Gasteiger partial charge in [-0.15, -0.1) is 0 Å². The topological polar surface area (TPSA) is 143 Å². The van der Waals surface area contributed by atoms with E-state index in [1.807, 2.05) is 129 Å². The van der Waals surface area contributed by atoms with Gasteiger partial charge in [0.05, 0.1) is 26.2 Å². The third-order valence-corrected chi connectivity index (χ3v) is 12.8. The van der Waals surface area contributed by atoms with Crippen LogP contribution in [-0.2, 0) is 17.9 Å². The minimum absolute atomic E-state index is 0.0544. The highest BCUT2D eigenvalue weighted by Crippen LogP contribution is 2.28. The molecule has 2 fully saturated rings. The van der Waals surface area contributed by atoms with E-state index in [9.17, 15) is 37.1 Å². The summed E-state index contributed by atoms with van der Waals surface area (Å²) in [4.78, 5) is 73.2. The molecule has 0 atom stereocenters. The summed E-state index contributed by atoms with van der Waals surface area (Å²) >= 11 is 0. The lowest BCUT2D eigenvalue weighted by molar-refractivity contribution is -0.131. The van der Waals surface area contributed by atoms with E-state index in [1.165, 1.54) is 23.1 Å². The number of nitrogens with one attached hydrogen (secondary N) is 1. The molecule has 2 aliphatic heterocycles. The first kappa shape index (κ1) is 53.1. The van der Waals surface area contributed by atoms with Crippen LogP contribution in [0.25, 0.3) is 22.3 Å². The van der Waals surface area contributed by atoms with E-state index in [0.717, 1.165) is 54.5 Å². The Balaban J connectivity index is 0.000000216. The molecule has 2 saturated heterocycles. The molecule has 17 heteroatoms. The number of hydrogen-bond donors (Lipinski definition) is 2. The predicted octanol–water partition coefficient (Wildman–Crippen LogP) is 8.44. The Kier molecular flexibility index (Phi) is 18.2. The fourth-order valence-electron chi connectivity index (χ4n) is 8.31. The Morgan fingerprint density at radius 2 is 0.890 bits per heavy atom. The number of rotatable bonds is 14. The van der Waals surface area contributed by atoms with E-state index < -0.39 is 36.3 Å². The van der Waals surface area contributed by atoms with Gasteiger partial charge in [-0.3, -0.25) is 24.2 Å². The van der Waals surface area contributed by atoms with Gasteiger partial charge in [0.2, 0.25) is 0 Å². The Labute approximate surface area is 422 Å². The second-order valence-electron chi connectivity index (χ2n) is 17.8. The SMILES string of the molecule is CN1CCN(C(=O)N(Cc2ccc(C(=O)CN)cc2F)c2ccc(-c3ccccc3)cc2)CC1.CN1CCN(C(=O)N(Cc2ccc(C(=O)CNC(=O)C(F)F)cc2F)c2ccc(-c3ccccc3)cc2)CC1. The second-order valence-corrected chi connectivity index (χ2v) is 17.8. The van der Waals surface area contributed by atoms with Crippen molar-refractivity contribution in [2.75, 3.05) is 89.3 Å². The van der Waals surface area contributed by atoms with Gasteiger partial charge < -0.3 is 30.7 Å². The Bertz CT molecular complexity index is 2840. The average molecular weight is 999 g/mol. The van der Waals surface area contributed by atoms with Crippen LogP contribution in [0.5, 0.6) is 0 Å². The standard InChI is InChI=1S/C29H29F3N4O3.C27H29FN4O2/c1-34-13-15-35(16-14-34)29(39)36(24-11-9-21(10-12-24)20-5-3-2-4-6-20)19-23-8-7-22(17-25(23)30)26(37)18-33-28(38)27(31)32;1-30-13-15-31(16-14-30)27(34)32(19-23-8-7-22(17-25(23)28)26(33)18-29)24-11-9-21(10-12-24)20-5-3-2-4-6-20/h2-12,17,27H,13-16,18-19H2,1H3,(H,33,38);2-12,17H,13-16,18-19,29H2,1H3. The van der Waals surface area contributed by atoms with Gasteiger partial charge in [-0.2, -0.15) is 8.78 Å². The zero-order valence-corrected chi connectivity index (χ0v) is 40.7. The number of nitrogens with two attached hydrogens (primary N) is 1. The van der Waals surface area contributed by atoms with Crippen LogP contribution in [0.2, 0.25) is 0 Å². The number of carbonyl (C=O) groups excluding carboxylic acids is 5. The average Bonchev–Trinajstić information content (AvgIpc) is 3.42. The van der Waals surface area contributed by atoms with Crippen LogP contribution in [0, 0.1) is 11.6 Å². The molecule has 13 nitrogen and oxygen atoms in total. The number of carbonyl (C=O) groups is 5. The molecule has 0 unspecified atom stereocenters. The Hall–Kier alpha value is -7.73. The fraction of sp³-hybridized carbons (Fsp3) is 0.268. The third-order valence-electron chi connectivity index (χ3n) is 12.8. The van der Waals surface area contributed by atoms with Gasteiger partial charge in [-0.05, 0) is 72.7 Å². The van der Waals surface area contributed by atoms with Crippen LogP contribution < -0.4 is 20.9 Å². The molecule has 0 spiro atoms. The van der Waals surface area contributed by atoms with Gasteiger partial charge in [0.25, 0.3) is 5.91 Å². The first-order valence-electron chi connectivity index (χ1n) is 23.9.